The van der Waals surface area contributed by atoms with E-state index in [9.17, 15) is 4.79 Å². The van der Waals surface area contributed by atoms with Crippen LogP contribution in [0.3, 0.4) is 0 Å². The summed E-state index contributed by atoms with van der Waals surface area (Å²) in [6.07, 6.45) is 4.73. The maximum Gasteiger partial charge on any atom is 0.138 e. The number of hydrogen-bond donors (Lipinski definition) is 0. The Bertz CT molecular complexity index is 229. The third-order valence-electron chi connectivity index (χ3n) is 3.40. The van der Waals surface area contributed by atoms with Gasteiger partial charge in [-0.1, -0.05) is 33.6 Å². The molecule has 0 atom stereocenters. The number of unbranched alkanes of at least 4 members (excludes halogenated alkanes) is 1. The molecule has 0 heterocycles. The summed E-state index contributed by atoms with van der Waals surface area (Å²) in [6, 6.07) is 0. The zero-order chi connectivity index (χ0) is 13.5. The minimum absolute atomic E-state index is 0.168. The minimum Gasteiger partial charge on any atom is -0.376 e. The molecule has 0 aliphatic heterocycles. The highest BCUT2D eigenvalue weighted by atomic mass is 16.5. The Morgan fingerprint density at radius 3 is 2.12 bits per heavy atom. The number of rotatable bonds is 9. The van der Waals surface area contributed by atoms with E-state index in [1.165, 1.54) is 0 Å². The van der Waals surface area contributed by atoms with Crippen molar-refractivity contribution < 1.29 is 9.53 Å². The first kappa shape index (κ1) is 16.6. The largest absolute Gasteiger partial charge is 0.376 e. The fourth-order valence-corrected chi connectivity index (χ4v) is 1.97. The van der Waals surface area contributed by atoms with Crippen molar-refractivity contribution in [2.75, 3.05) is 6.61 Å². The maximum atomic E-state index is 12.2. The van der Waals surface area contributed by atoms with E-state index in [4.69, 9.17) is 4.74 Å². The van der Waals surface area contributed by atoms with Crippen LogP contribution >= 0.6 is 0 Å². The average Bonchev–Trinajstić information content (AvgIpc) is 2.23. The van der Waals surface area contributed by atoms with Crippen molar-refractivity contribution in [2.45, 2.75) is 79.2 Å². The topological polar surface area (TPSA) is 26.3 Å². The summed E-state index contributed by atoms with van der Waals surface area (Å²) in [5.41, 5.74) is -0.344. The van der Waals surface area contributed by atoms with Gasteiger partial charge in [0.1, 0.15) is 5.78 Å². The van der Waals surface area contributed by atoms with E-state index in [0.29, 0.717) is 18.8 Å². The number of ether oxygens (including phenoxy) is 1. The van der Waals surface area contributed by atoms with Crippen LogP contribution in [0, 0.1) is 5.41 Å². The molecule has 0 rings (SSSR count). The summed E-state index contributed by atoms with van der Waals surface area (Å²) in [5, 5.41) is 0. The number of hydrogen-bond acceptors (Lipinski definition) is 2. The van der Waals surface area contributed by atoms with Crippen LogP contribution in [-0.2, 0) is 9.53 Å². The molecule has 0 aromatic rings. The Morgan fingerprint density at radius 2 is 1.65 bits per heavy atom. The molecule has 0 N–H and O–H groups in total. The maximum absolute atomic E-state index is 12.2. The summed E-state index contributed by atoms with van der Waals surface area (Å²) in [4.78, 5) is 12.2. The van der Waals surface area contributed by atoms with Gasteiger partial charge in [0.25, 0.3) is 0 Å². The fraction of sp³-hybridized carbons (Fsp3) is 0.933. The number of Topliss-reactive ketones (excluding diaryl/α,β-unsaturated/α-hetero) is 1. The van der Waals surface area contributed by atoms with Crippen LogP contribution in [0.5, 0.6) is 0 Å². The van der Waals surface area contributed by atoms with Crippen LogP contribution in [-0.4, -0.2) is 18.0 Å². The number of carbonyl (C=O) groups excluding carboxylic acids is 1. The molecule has 17 heavy (non-hydrogen) atoms. The third kappa shape index (κ3) is 6.82. The quantitative estimate of drug-likeness (QED) is 0.600. The van der Waals surface area contributed by atoms with Crippen LogP contribution in [0.15, 0.2) is 0 Å². The summed E-state index contributed by atoms with van der Waals surface area (Å²) < 4.78 is 5.62. The minimum atomic E-state index is -0.175. The van der Waals surface area contributed by atoms with E-state index in [2.05, 4.69) is 34.6 Å². The molecular weight excluding hydrogens is 212 g/mol. The molecule has 0 aromatic heterocycles. The Labute approximate surface area is 107 Å². The van der Waals surface area contributed by atoms with E-state index in [0.717, 1.165) is 25.7 Å². The van der Waals surface area contributed by atoms with Crippen LogP contribution in [0.25, 0.3) is 0 Å². The van der Waals surface area contributed by atoms with E-state index in [1.54, 1.807) is 0 Å². The van der Waals surface area contributed by atoms with Crippen LogP contribution in [0.2, 0.25) is 0 Å². The van der Waals surface area contributed by atoms with Crippen LogP contribution < -0.4 is 0 Å². The molecule has 0 aromatic carbocycles. The van der Waals surface area contributed by atoms with Gasteiger partial charge in [0, 0.05) is 18.4 Å². The molecule has 0 radical (unpaired) electrons. The van der Waals surface area contributed by atoms with Crippen LogP contribution in [0.1, 0.15) is 73.6 Å². The zero-order valence-electron chi connectivity index (χ0n) is 12.6. The molecule has 0 spiro atoms. The number of ketones is 1. The Kier molecular flexibility index (Phi) is 6.99. The molecule has 0 aliphatic carbocycles. The van der Waals surface area contributed by atoms with Gasteiger partial charge in [-0.15, -0.1) is 0 Å². The summed E-state index contributed by atoms with van der Waals surface area (Å²) in [5.74, 6) is 0.374. The monoisotopic (exact) mass is 242 g/mol. The van der Waals surface area contributed by atoms with Gasteiger partial charge < -0.3 is 4.74 Å². The van der Waals surface area contributed by atoms with Crippen molar-refractivity contribution in [3.8, 4) is 0 Å². The normalized spacial score (nSPS) is 12.8. The van der Waals surface area contributed by atoms with Crippen molar-refractivity contribution in [3.05, 3.63) is 0 Å². The first-order valence-electron chi connectivity index (χ1n) is 6.92. The second-order valence-electron chi connectivity index (χ2n) is 6.10. The lowest BCUT2D eigenvalue weighted by molar-refractivity contribution is -0.129. The van der Waals surface area contributed by atoms with Crippen molar-refractivity contribution in [1.29, 1.82) is 0 Å². The molecule has 0 unspecified atom stereocenters. The SMILES string of the molecule is CCCCC(C)(C)C(=O)CCC(C)(C)OCC. The fourth-order valence-electron chi connectivity index (χ4n) is 1.97. The summed E-state index contributed by atoms with van der Waals surface area (Å²) >= 11 is 0. The molecule has 0 aliphatic rings. The average molecular weight is 242 g/mol. The van der Waals surface area contributed by atoms with Gasteiger partial charge in [-0.25, -0.2) is 0 Å². The third-order valence-corrected chi connectivity index (χ3v) is 3.40. The summed E-state index contributed by atoms with van der Waals surface area (Å²) in [7, 11) is 0. The lowest BCUT2D eigenvalue weighted by Gasteiger charge is -2.27. The second-order valence-corrected chi connectivity index (χ2v) is 6.10. The van der Waals surface area contributed by atoms with Crippen molar-refractivity contribution in [2.24, 2.45) is 5.41 Å². The van der Waals surface area contributed by atoms with E-state index in [1.807, 2.05) is 6.92 Å². The first-order valence-corrected chi connectivity index (χ1v) is 6.92. The molecule has 0 bridgehead atoms. The molecule has 102 valence electrons. The Hall–Kier alpha value is -0.370. The van der Waals surface area contributed by atoms with Gasteiger partial charge in [-0.05, 0) is 33.6 Å². The van der Waals surface area contributed by atoms with Crippen molar-refractivity contribution in [1.82, 2.24) is 0 Å². The molecule has 0 saturated carbocycles. The lowest BCUT2D eigenvalue weighted by Crippen LogP contribution is -2.29. The highest BCUT2D eigenvalue weighted by Gasteiger charge is 2.28. The smallest absolute Gasteiger partial charge is 0.138 e. The second kappa shape index (κ2) is 7.15. The predicted molar refractivity (Wildman–Crippen MR) is 73.3 cm³/mol. The lowest BCUT2D eigenvalue weighted by atomic mass is 9.80. The standard InChI is InChI=1S/C15H30O2/c1-7-9-11-14(3,4)13(16)10-12-15(5,6)17-8-2/h7-12H2,1-6H3. The van der Waals surface area contributed by atoms with Gasteiger partial charge in [0.15, 0.2) is 0 Å². The molecular formula is C15H30O2. The molecule has 0 fully saturated rings. The van der Waals surface area contributed by atoms with E-state index < -0.39 is 0 Å². The highest BCUT2D eigenvalue weighted by Crippen LogP contribution is 2.28. The highest BCUT2D eigenvalue weighted by molar-refractivity contribution is 5.84. The van der Waals surface area contributed by atoms with Gasteiger partial charge in [0.05, 0.1) is 5.60 Å². The molecule has 0 amide bonds. The zero-order valence-corrected chi connectivity index (χ0v) is 12.6. The van der Waals surface area contributed by atoms with Crippen molar-refractivity contribution in [3.63, 3.8) is 0 Å². The van der Waals surface area contributed by atoms with Gasteiger partial charge in [-0.3, -0.25) is 4.79 Å². The van der Waals surface area contributed by atoms with Gasteiger partial charge in [0.2, 0.25) is 0 Å². The predicted octanol–water partition coefficient (Wildman–Crippen LogP) is 4.37. The summed E-state index contributed by atoms with van der Waals surface area (Å²) in [6.45, 7) is 13.1. The molecule has 0 saturated heterocycles. The van der Waals surface area contributed by atoms with Crippen molar-refractivity contribution >= 4 is 5.78 Å². The Morgan fingerprint density at radius 1 is 1.06 bits per heavy atom. The van der Waals surface area contributed by atoms with Crippen LogP contribution in [0.4, 0.5) is 0 Å². The molecule has 2 nitrogen and oxygen atoms in total. The first-order chi connectivity index (χ1) is 7.75. The van der Waals surface area contributed by atoms with Gasteiger partial charge >= 0.3 is 0 Å². The number of carbonyl (C=O) groups is 1. The van der Waals surface area contributed by atoms with E-state index >= 15 is 0 Å². The molecule has 2 heteroatoms. The van der Waals surface area contributed by atoms with E-state index in [-0.39, 0.29) is 11.0 Å². The Balaban J connectivity index is 4.16. The van der Waals surface area contributed by atoms with Gasteiger partial charge in [-0.2, -0.15) is 0 Å².